The quantitative estimate of drug-likeness (QED) is 0.133. The smallest absolute Gasteiger partial charge is 0.343 e. The molecule has 1 aliphatic heterocycles. The van der Waals surface area contributed by atoms with Crippen LogP contribution in [0.1, 0.15) is 11.1 Å². The van der Waals surface area contributed by atoms with E-state index in [2.05, 4.69) is 0 Å². The van der Waals surface area contributed by atoms with E-state index in [1.54, 1.807) is 97.1 Å². The Morgan fingerprint density at radius 3 is 1.87 bits per heavy atom. The number of carbonyl (C=O) groups excluding carboxylic acids is 3. The second-order valence-corrected chi connectivity index (χ2v) is 8.55. The first-order valence-electron chi connectivity index (χ1n) is 11.9. The Balaban J connectivity index is 1.53. The number of carbonyl (C=O) groups is 3. The molecule has 0 atom stereocenters. The molecular formula is C30H21N3O6. The van der Waals surface area contributed by atoms with Gasteiger partial charge in [0, 0.05) is 17.7 Å². The van der Waals surface area contributed by atoms with Crippen molar-refractivity contribution in [3.63, 3.8) is 0 Å². The zero-order chi connectivity index (χ0) is 27.4. The molecule has 0 aromatic heterocycles. The number of nitro groups is 1. The molecule has 1 heterocycles. The highest BCUT2D eigenvalue weighted by atomic mass is 16.6. The molecule has 1 aliphatic rings. The first-order chi connectivity index (χ1) is 18.9. The summed E-state index contributed by atoms with van der Waals surface area (Å²) in [5.74, 6) is -1.18. The van der Waals surface area contributed by atoms with Crippen molar-refractivity contribution < 1.29 is 24.0 Å². The molecule has 9 heteroatoms. The highest BCUT2D eigenvalue weighted by molar-refractivity contribution is 6.46. The van der Waals surface area contributed by atoms with Crippen LogP contribution in [0, 0.1) is 10.1 Å². The summed E-state index contributed by atoms with van der Waals surface area (Å²) in [6, 6.07) is 28.8. The summed E-state index contributed by atoms with van der Waals surface area (Å²) in [4.78, 5) is 53.2. The van der Waals surface area contributed by atoms with Gasteiger partial charge in [-0.3, -0.25) is 19.7 Å². The molecule has 192 valence electrons. The van der Waals surface area contributed by atoms with Crippen LogP contribution in [-0.4, -0.2) is 22.8 Å². The summed E-state index contributed by atoms with van der Waals surface area (Å²) in [5.41, 5.74) is 1.36. The number of nitro benzene ring substituents is 1. The average molecular weight is 520 g/mol. The fourth-order valence-corrected chi connectivity index (χ4v) is 4.15. The third-order valence-corrected chi connectivity index (χ3v) is 6.01. The molecule has 0 unspecified atom stereocenters. The van der Waals surface area contributed by atoms with Crippen molar-refractivity contribution in [3.8, 4) is 5.75 Å². The predicted octanol–water partition coefficient (Wildman–Crippen LogP) is 5.76. The number of urea groups is 1. The minimum Gasteiger partial charge on any atom is -0.488 e. The van der Waals surface area contributed by atoms with E-state index in [1.165, 1.54) is 18.2 Å². The normalized spacial score (nSPS) is 13.4. The second kappa shape index (κ2) is 10.8. The van der Waals surface area contributed by atoms with Gasteiger partial charge in [-0.15, -0.1) is 0 Å². The van der Waals surface area contributed by atoms with E-state index >= 15 is 0 Å². The molecule has 0 bridgehead atoms. The molecule has 5 rings (SSSR count). The van der Waals surface area contributed by atoms with Gasteiger partial charge in [-0.1, -0.05) is 66.7 Å². The van der Waals surface area contributed by atoms with Crippen molar-refractivity contribution in [2.24, 2.45) is 0 Å². The van der Waals surface area contributed by atoms with Crippen LogP contribution in [0.5, 0.6) is 5.75 Å². The van der Waals surface area contributed by atoms with Crippen LogP contribution in [0.4, 0.5) is 21.9 Å². The molecule has 0 aliphatic carbocycles. The van der Waals surface area contributed by atoms with Crippen molar-refractivity contribution in [3.05, 3.63) is 136 Å². The van der Waals surface area contributed by atoms with Crippen LogP contribution >= 0.6 is 0 Å². The van der Waals surface area contributed by atoms with Gasteiger partial charge >= 0.3 is 6.03 Å². The lowest BCUT2D eigenvalue weighted by molar-refractivity contribution is -0.384. The Morgan fingerprint density at radius 1 is 0.718 bits per heavy atom. The number of benzene rings is 4. The molecule has 9 nitrogen and oxygen atoms in total. The van der Waals surface area contributed by atoms with Gasteiger partial charge in [-0.05, 0) is 42.0 Å². The number of hydrogen-bond acceptors (Lipinski definition) is 6. The average Bonchev–Trinajstić information content (AvgIpc) is 2.96. The largest absolute Gasteiger partial charge is 0.488 e. The molecule has 0 radical (unpaired) electrons. The van der Waals surface area contributed by atoms with Crippen LogP contribution in [0.2, 0.25) is 0 Å². The van der Waals surface area contributed by atoms with Gasteiger partial charge in [0.2, 0.25) is 0 Å². The summed E-state index contributed by atoms with van der Waals surface area (Å²) in [7, 11) is 0. The van der Waals surface area contributed by atoms with Crippen molar-refractivity contribution >= 4 is 41.0 Å². The minimum atomic E-state index is -0.783. The number of nitrogens with zero attached hydrogens (tertiary/aromatic N) is 3. The van der Waals surface area contributed by atoms with E-state index in [1.807, 2.05) is 0 Å². The number of barbiturate groups is 1. The highest BCUT2D eigenvalue weighted by Crippen LogP contribution is 2.31. The molecule has 4 aromatic carbocycles. The Hall–Kier alpha value is -5.57. The number of ether oxygens (including phenoxy) is 1. The summed E-state index contributed by atoms with van der Waals surface area (Å²) in [5, 5.41) is 11.1. The highest BCUT2D eigenvalue weighted by Gasteiger charge is 2.43. The molecule has 4 aromatic rings. The number of anilines is 2. The number of imide groups is 2. The molecule has 0 saturated carbocycles. The number of amides is 4. The van der Waals surface area contributed by atoms with Crippen LogP contribution in [0.15, 0.2) is 115 Å². The molecule has 4 amide bonds. The van der Waals surface area contributed by atoms with E-state index in [-0.39, 0.29) is 17.9 Å². The van der Waals surface area contributed by atoms with Crippen molar-refractivity contribution in [2.45, 2.75) is 6.61 Å². The van der Waals surface area contributed by atoms with Gasteiger partial charge in [-0.25, -0.2) is 14.6 Å². The van der Waals surface area contributed by atoms with Gasteiger partial charge in [0.05, 0.1) is 16.3 Å². The lowest BCUT2D eigenvalue weighted by atomic mass is 10.0. The predicted molar refractivity (Wildman–Crippen MR) is 145 cm³/mol. The van der Waals surface area contributed by atoms with Crippen LogP contribution < -0.4 is 14.5 Å². The van der Waals surface area contributed by atoms with E-state index in [9.17, 15) is 24.5 Å². The van der Waals surface area contributed by atoms with Gasteiger partial charge < -0.3 is 4.74 Å². The van der Waals surface area contributed by atoms with Crippen LogP contribution in [0.25, 0.3) is 6.08 Å². The van der Waals surface area contributed by atoms with Crippen molar-refractivity contribution in [1.29, 1.82) is 0 Å². The van der Waals surface area contributed by atoms with Gasteiger partial charge in [0.15, 0.2) is 0 Å². The van der Waals surface area contributed by atoms with Crippen LogP contribution in [0.3, 0.4) is 0 Å². The Labute approximate surface area is 223 Å². The van der Waals surface area contributed by atoms with E-state index in [4.69, 9.17) is 4.74 Å². The first-order valence-corrected chi connectivity index (χ1v) is 11.9. The number of para-hydroxylation sites is 3. The fraction of sp³-hybridized carbons (Fsp3) is 0.0333. The Kier molecular flexibility index (Phi) is 6.96. The molecule has 0 spiro atoms. The maximum absolute atomic E-state index is 13.6. The monoisotopic (exact) mass is 519 g/mol. The Morgan fingerprint density at radius 2 is 1.28 bits per heavy atom. The van der Waals surface area contributed by atoms with Gasteiger partial charge in [-0.2, -0.15) is 0 Å². The SMILES string of the molecule is O=C1C(=Cc2ccccc2OCc2cccc([N+](=O)[O-])c2)C(=O)N(c2ccccc2)C(=O)N1c1ccccc1. The Bertz CT molecular complexity index is 1540. The lowest BCUT2D eigenvalue weighted by Gasteiger charge is -2.34. The number of rotatable bonds is 7. The van der Waals surface area contributed by atoms with E-state index in [0.29, 0.717) is 28.3 Å². The second-order valence-electron chi connectivity index (χ2n) is 8.55. The third-order valence-electron chi connectivity index (χ3n) is 6.01. The molecular weight excluding hydrogens is 498 g/mol. The van der Waals surface area contributed by atoms with Crippen LogP contribution in [-0.2, 0) is 16.2 Å². The number of hydrogen-bond donors (Lipinski definition) is 0. The summed E-state index contributed by atoms with van der Waals surface area (Å²) in [6.45, 7) is 0.0223. The maximum Gasteiger partial charge on any atom is 0.343 e. The standard InChI is InChI=1S/C30H21N3O6/c34-28-26(19-22-11-7-8-17-27(22)39-20-21-10-9-16-25(18-21)33(37)38)29(35)32(24-14-5-2-6-15-24)30(36)31(28)23-12-3-1-4-13-23/h1-19H,20H2. The first kappa shape index (κ1) is 25.1. The molecule has 1 fully saturated rings. The van der Waals surface area contributed by atoms with Gasteiger partial charge in [0.1, 0.15) is 17.9 Å². The summed E-state index contributed by atoms with van der Waals surface area (Å²) >= 11 is 0. The summed E-state index contributed by atoms with van der Waals surface area (Å²) in [6.07, 6.45) is 1.39. The van der Waals surface area contributed by atoms with Crippen molar-refractivity contribution in [2.75, 3.05) is 9.80 Å². The number of non-ortho nitro benzene ring substituents is 1. The summed E-state index contributed by atoms with van der Waals surface area (Å²) < 4.78 is 5.93. The van der Waals surface area contributed by atoms with E-state index < -0.39 is 22.8 Å². The molecule has 0 N–H and O–H groups in total. The molecule has 1 saturated heterocycles. The minimum absolute atomic E-state index is 0.0223. The zero-order valence-electron chi connectivity index (χ0n) is 20.5. The topological polar surface area (TPSA) is 110 Å². The third kappa shape index (κ3) is 5.14. The molecule has 39 heavy (non-hydrogen) atoms. The maximum atomic E-state index is 13.6. The van der Waals surface area contributed by atoms with Crippen molar-refractivity contribution in [1.82, 2.24) is 0 Å². The zero-order valence-corrected chi connectivity index (χ0v) is 20.5. The van der Waals surface area contributed by atoms with E-state index in [0.717, 1.165) is 9.80 Å². The lowest BCUT2D eigenvalue weighted by Crippen LogP contribution is -2.57. The van der Waals surface area contributed by atoms with Gasteiger partial charge in [0.25, 0.3) is 17.5 Å². The fourth-order valence-electron chi connectivity index (χ4n) is 4.15.